The van der Waals surface area contributed by atoms with Crippen molar-refractivity contribution in [3.63, 3.8) is 0 Å². The molecule has 0 heterocycles. The number of ether oxygens (including phenoxy) is 1. The van der Waals surface area contributed by atoms with Crippen molar-refractivity contribution in [2.45, 2.75) is 59.3 Å². The summed E-state index contributed by atoms with van der Waals surface area (Å²) in [5.74, 6) is -1.43. The van der Waals surface area contributed by atoms with E-state index in [1.807, 2.05) is 0 Å². The Morgan fingerprint density at radius 3 is 1.67 bits per heavy atom. The molecule has 0 rings (SSSR count). The number of carboxylic acids is 1. The first-order chi connectivity index (χ1) is 8.58. The van der Waals surface area contributed by atoms with E-state index in [4.69, 9.17) is 10.2 Å². The molecule has 0 aliphatic rings. The second kappa shape index (κ2) is 21.2. The minimum absolute atomic E-state index is 0.0385. The fourth-order valence-electron chi connectivity index (χ4n) is 0.942. The average molecular weight is 264 g/mol. The van der Waals surface area contributed by atoms with Crippen LogP contribution in [0.4, 0.5) is 0 Å². The summed E-state index contributed by atoms with van der Waals surface area (Å²) < 4.78 is 4.49. The van der Waals surface area contributed by atoms with Gasteiger partial charge in [-0.25, -0.2) is 0 Å². The van der Waals surface area contributed by atoms with Crippen LogP contribution in [-0.2, 0) is 14.3 Å². The number of aliphatic hydroxyl groups is 1. The number of carboxylic acid groups (broad SMARTS) is 1. The standard InChI is InChI=1S/C6H10O4.C6H14.CH4O/c1-2-10-6(9)4-3-5(7)8;1-3-5-6-4-2;1-2/h2-4H2,1H3,(H,7,8);3-6H2,1-2H3;2H,1H3. The first kappa shape index (κ1) is 22.1. The van der Waals surface area contributed by atoms with Gasteiger partial charge in [-0.1, -0.05) is 39.5 Å². The molecule has 0 bridgehead atoms. The summed E-state index contributed by atoms with van der Waals surface area (Å²) in [4.78, 5) is 20.4. The van der Waals surface area contributed by atoms with Crippen molar-refractivity contribution in [1.82, 2.24) is 0 Å². The summed E-state index contributed by atoms with van der Waals surface area (Å²) >= 11 is 0. The molecule has 0 aromatic heterocycles. The number of carbonyl (C=O) groups is 2. The molecular weight excluding hydrogens is 236 g/mol. The van der Waals surface area contributed by atoms with Gasteiger partial charge in [-0.05, 0) is 6.92 Å². The van der Waals surface area contributed by atoms with E-state index in [1.165, 1.54) is 25.7 Å². The number of carbonyl (C=O) groups excluding carboxylic acids is 1. The van der Waals surface area contributed by atoms with Crippen LogP contribution in [0.15, 0.2) is 0 Å². The molecule has 0 aromatic rings. The topological polar surface area (TPSA) is 83.8 Å². The van der Waals surface area contributed by atoms with Gasteiger partial charge in [-0.3, -0.25) is 9.59 Å². The Labute approximate surface area is 110 Å². The van der Waals surface area contributed by atoms with Gasteiger partial charge in [0.05, 0.1) is 19.4 Å². The highest BCUT2D eigenvalue weighted by atomic mass is 16.5. The lowest BCUT2D eigenvalue weighted by atomic mass is 10.2. The summed E-state index contributed by atoms with van der Waals surface area (Å²) in [6.07, 6.45) is 5.34. The van der Waals surface area contributed by atoms with Gasteiger partial charge in [-0.2, -0.15) is 0 Å². The summed E-state index contributed by atoms with van der Waals surface area (Å²) in [6.45, 7) is 6.45. The number of aliphatic carboxylic acids is 1. The molecule has 0 aliphatic heterocycles. The third kappa shape index (κ3) is 29.4. The van der Waals surface area contributed by atoms with Crippen molar-refractivity contribution in [3.05, 3.63) is 0 Å². The lowest BCUT2D eigenvalue weighted by molar-refractivity contribution is -0.147. The van der Waals surface area contributed by atoms with Crippen molar-refractivity contribution in [2.75, 3.05) is 13.7 Å². The molecule has 0 saturated heterocycles. The molecule has 0 spiro atoms. The Bertz CT molecular complexity index is 176. The van der Waals surface area contributed by atoms with Crippen LogP contribution < -0.4 is 0 Å². The monoisotopic (exact) mass is 264 g/mol. The van der Waals surface area contributed by atoms with Gasteiger partial charge in [0.1, 0.15) is 0 Å². The minimum Gasteiger partial charge on any atom is -0.481 e. The van der Waals surface area contributed by atoms with Crippen molar-refractivity contribution in [1.29, 1.82) is 0 Å². The average Bonchev–Trinajstić information content (AvgIpc) is 2.37. The van der Waals surface area contributed by atoms with Crippen LogP contribution >= 0.6 is 0 Å². The van der Waals surface area contributed by atoms with E-state index in [9.17, 15) is 9.59 Å². The van der Waals surface area contributed by atoms with Crippen LogP contribution in [0.2, 0.25) is 0 Å². The van der Waals surface area contributed by atoms with Gasteiger partial charge in [0.15, 0.2) is 0 Å². The van der Waals surface area contributed by atoms with Crippen LogP contribution in [-0.4, -0.2) is 35.9 Å². The zero-order chi connectivity index (χ0) is 14.8. The zero-order valence-corrected chi connectivity index (χ0v) is 12.1. The van der Waals surface area contributed by atoms with Gasteiger partial charge in [0.2, 0.25) is 0 Å². The molecule has 0 unspecified atom stereocenters. The maximum absolute atomic E-state index is 10.5. The lowest BCUT2D eigenvalue weighted by Crippen LogP contribution is -2.06. The van der Waals surface area contributed by atoms with Gasteiger partial charge in [0, 0.05) is 7.11 Å². The highest BCUT2D eigenvalue weighted by molar-refractivity contribution is 5.76. The van der Waals surface area contributed by atoms with Crippen molar-refractivity contribution >= 4 is 11.9 Å². The van der Waals surface area contributed by atoms with E-state index >= 15 is 0 Å². The van der Waals surface area contributed by atoms with Crippen LogP contribution in [0.1, 0.15) is 59.3 Å². The van der Waals surface area contributed by atoms with Gasteiger partial charge >= 0.3 is 11.9 Å². The Morgan fingerprint density at radius 1 is 0.944 bits per heavy atom. The number of aliphatic hydroxyl groups excluding tert-OH is 1. The molecule has 5 heteroatoms. The molecule has 0 aliphatic carbocycles. The number of rotatable bonds is 7. The Balaban J connectivity index is -0.000000241. The molecule has 110 valence electrons. The molecule has 0 saturated carbocycles. The minimum atomic E-state index is -0.979. The molecule has 0 atom stereocenters. The molecule has 2 N–H and O–H groups in total. The first-order valence-corrected chi connectivity index (χ1v) is 6.40. The molecule has 18 heavy (non-hydrogen) atoms. The van der Waals surface area contributed by atoms with E-state index in [1.54, 1.807) is 6.92 Å². The largest absolute Gasteiger partial charge is 0.481 e. The Kier molecular flexibility index (Phi) is 26.1. The maximum atomic E-state index is 10.5. The molecule has 0 fully saturated rings. The normalized spacial score (nSPS) is 8.28. The third-order valence-electron chi connectivity index (χ3n) is 1.81. The third-order valence-corrected chi connectivity index (χ3v) is 1.81. The summed E-state index contributed by atoms with van der Waals surface area (Å²) in [5.41, 5.74) is 0. The van der Waals surface area contributed by atoms with Gasteiger partial charge in [-0.15, -0.1) is 0 Å². The van der Waals surface area contributed by atoms with Gasteiger partial charge < -0.3 is 14.9 Å². The fourth-order valence-corrected chi connectivity index (χ4v) is 0.942. The van der Waals surface area contributed by atoms with Crippen molar-refractivity contribution in [2.24, 2.45) is 0 Å². The van der Waals surface area contributed by atoms with Crippen LogP contribution in [0.25, 0.3) is 0 Å². The number of unbranched alkanes of at least 4 members (excludes halogenated alkanes) is 3. The van der Waals surface area contributed by atoms with Crippen LogP contribution in [0.5, 0.6) is 0 Å². The number of hydrogen-bond acceptors (Lipinski definition) is 4. The number of esters is 1. The smallest absolute Gasteiger partial charge is 0.306 e. The molecule has 0 aromatic carbocycles. The van der Waals surface area contributed by atoms with E-state index in [2.05, 4.69) is 18.6 Å². The van der Waals surface area contributed by atoms with Crippen molar-refractivity contribution < 1.29 is 24.5 Å². The van der Waals surface area contributed by atoms with Gasteiger partial charge in [0.25, 0.3) is 0 Å². The van der Waals surface area contributed by atoms with Crippen LogP contribution in [0.3, 0.4) is 0 Å². The second-order valence-electron chi connectivity index (χ2n) is 3.41. The van der Waals surface area contributed by atoms with Crippen LogP contribution in [0, 0.1) is 0 Å². The summed E-state index contributed by atoms with van der Waals surface area (Å²) in [5, 5.41) is 15.1. The van der Waals surface area contributed by atoms with E-state index in [-0.39, 0.29) is 12.8 Å². The first-order valence-electron chi connectivity index (χ1n) is 6.40. The maximum Gasteiger partial charge on any atom is 0.306 e. The van der Waals surface area contributed by atoms with E-state index < -0.39 is 11.9 Å². The second-order valence-corrected chi connectivity index (χ2v) is 3.41. The fraction of sp³-hybridized carbons (Fsp3) is 0.846. The molecule has 0 radical (unpaired) electrons. The predicted molar refractivity (Wildman–Crippen MR) is 71.5 cm³/mol. The molecular formula is C13H28O5. The SMILES string of the molecule is CCCCCC.CCOC(=O)CCC(=O)O.CO. The summed E-state index contributed by atoms with van der Waals surface area (Å²) in [6, 6.07) is 0. The highest BCUT2D eigenvalue weighted by Crippen LogP contribution is 1.95. The quantitative estimate of drug-likeness (QED) is 0.545. The van der Waals surface area contributed by atoms with E-state index in [0.717, 1.165) is 7.11 Å². The summed E-state index contributed by atoms with van der Waals surface area (Å²) in [7, 11) is 1.00. The zero-order valence-electron chi connectivity index (χ0n) is 12.1. The highest BCUT2D eigenvalue weighted by Gasteiger charge is 2.04. The Hall–Kier alpha value is -1.10. The number of hydrogen-bond donors (Lipinski definition) is 2. The lowest BCUT2D eigenvalue weighted by Gasteiger charge is -1.97. The van der Waals surface area contributed by atoms with E-state index in [0.29, 0.717) is 6.61 Å². The predicted octanol–water partition coefficient (Wildman–Crippen LogP) is 2.61. The molecule has 0 amide bonds. The van der Waals surface area contributed by atoms with Crippen molar-refractivity contribution in [3.8, 4) is 0 Å². The molecule has 5 nitrogen and oxygen atoms in total. The Morgan fingerprint density at radius 2 is 1.39 bits per heavy atom.